The van der Waals surface area contributed by atoms with Gasteiger partial charge in [0, 0.05) is 23.8 Å². The zero-order chi connectivity index (χ0) is 23.9. The van der Waals surface area contributed by atoms with Crippen LogP contribution in [0.4, 0.5) is 5.69 Å². The van der Waals surface area contributed by atoms with Gasteiger partial charge in [0.15, 0.2) is 0 Å². The first-order chi connectivity index (χ1) is 16.6. The summed E-state index contributed by atoms with van der Waals surface area (Å²) in [5.74, 6) is -0.133. The molecule has 0 fully saturated rings. The number of aromatic nitrogens is 1. The van der Waals surface area contributed by atoms with Crippen LogP contribution < -0.4 is 10.6 Å². The summed E-state index contributed by atoms with van der Waals surface area (Å²) in [5.41, 5.74) is 4.55. The van der Waals surface area contributed by atoms with Crippen LogP contribution >= 0.6 is 11.3 Å². The number of carbonyl (C=O) groups excluding carboxylic acids is 1. The third kappa shape index (κ3) is 5.36. The Balaban J connectivity index is 1.89. The topological polar surface area (TPSA) is 63.3 Å². The second-order valence-corrected chi connectivity index (χ2v) is 9.38. The first-order valence-electron chi connectivity index (χ1n) is 11.7. The van der Waals surface area contributed by atoms with Crippen molar-refractivity contribution in [3.8, 4) is 0 Å². The molecule has 0 spiro atoms. The minimum absolute atomic E-state index is 0.0614. The van der Waals surface area contributed by atoms with E-state index in [1.54, 1.807) is 18.4 Å². The zero-order valence-corrected chi connectivity index (χ0v) is 20.7. The lowest BCUT2D eigenvalue weighted by molar-refractivity contribution is 0.102. The quantitative estimate of drug-likeness (QED) is 0.259. The summed E-state index contributed by atoms with van der Waals surface area (Å²) in [4.78, 5) is 20.1. The fourth-order valence-corrected chi connectivity index (χ4v) is 5.46. The average Bonchev–Trinajstić information content (AvgIpc) is 3.20. The molecule has 5 nitrogen and oxygen atoms in total. The number of hydrogen-bond donors (Lipinski definition) is 2. The summed E-state index contributed by atoms with van der Waals surface area (Å²) in [6.07, 6.45) is 2.18. The fourth-order valence-electron chi connectivity index (χ4n) is 4.13. The van der Waals surface area contributed by atoms with E-state index in [0.29, 0.717) is 12.2 Å². The fraction of sp³-hybridized carbons (Fsp3) is 0.286. The van der Waals surface area contributed by atoms with Gasteiger partial charge in [-0.15, -0.1) is 11.3 Å². The summed E-state index contributed by atoms with van der Waals surface area (Å²) < 4.78 is 5.52. The van der Waals surface area contributed by atoms with Gasteiger partial charge in [-0.2, -0.15) is 0 Å². The van der Waals surface area contributed by atoms with Crippen LogP contribution in [0.15, 0.2) is 66.7 Å². The minimum atomic E-state index is -0.133. The van der Waals surface area contributed by atoms with Crippen LogP contribution in [0.3, 0.4) is 0 Å². The van der Waals surface area contributed by atoms with E-state index >= 15 is 0 Å². The van der Waals surface area contributed by atoms with Gasteiger partial charge in [-0.05, 0) is 49.2 Å². The highest BCUT2D eigenvalue weighted by atomic mass is 32.1. The lowest BCUT2D eigenvalue weighted by Crippen LogP contribution is -2.24. The monoisotopic (exact) mass is 473 g/mol. The van der Waals surface area contributed by atoms with Crippen LogP contribution in [-0.4, -0.2) is 24.5 Å². The Morgan fingerprint density at radius 1 is 1.09 bits per heavy atom. The number of ether oxygens (including phenoxy) is 1. The molecule has 1 unspecified atom stereocenters. The molecule has 4 rings (SSSR count). The van der Waals surface area contributed by atoms with Crippen LogP contribution in [0.1, 0.15) is 57.9 Å². The lowest BCUT2D eigenvalue weighted by atomic mass is 10.0. The highest BCUT2D eigenvalue weighted by Gasteiger charge is 2.26. The van der Waals surface area contributed by atoms with Gasteiger partial charge in [0.05, 0.1) is 23.2 Å². The first kappa shape index (κ1) is 24.1. The van der Waals surface area contributed by atoms with Crippen LogP contribution in [-0.2, 0) is 11.3 Å². The Morgan fingerprint density at radius 2 is 1.79 bits per heavy atom. The van der Waals surface area contributed by atoms with E-state index in [-0.39, 0.29) is 11.9 Å². The summed E-state index contributed by atoms with van der Waals surface area (Å²) in [7, 11) is 1.69. The van der Waals surface area contributed by atoms with E-state index in [1.165, 1.54) is 0 Å². The molecule has 1 atom stereocenters. The number of unbranched alkanes of at least 4 members (excludes halogenated alkanes) is 1. The van der Waals surface area contributed by atoms with Gasteiger partial charge in [-0.25, -0.2) is 4.98 Å². The molecular weight excluding hydrogens is 442 g/mol. The number of hydrogen-bond acceptors (Lipinski definition) is 5. The molecule has 0 radical (unpaired) electrons. The average molecular weight is 474 g/mol. The van der Waals surface area contributed by atoms with Gasteiger partial charge in [-0.3, -0.25) is 4.79 Å². The maximum absolute atomic E-state index is 13.3. The Labute approximate surface area is 205 Å². The molecule has 176 valence electrons. The number of pyridine rings is 1. The van der Waals surface area contributed by atoms with Crippen LogP contribution in [0.5, 0.6) is 0 Å². The molecule has 34 heavy (non-hydrogen) atoms. The molecule has 2 heterocycles. The number of anilines is 1. The van der Waals surface area contributed by atoms with Gasteiger partial charge in [-0.1, -0.05) is 61.9 Å². The van der Waals surface area contributed by atoms with Crippen molar-refractivity contribution in [1.29, 1.82) is 0 Å². The van der Waals surface area contributed by atoms with Gasteiger partial charge in [0.2, 0.25) is 0 Å². The molecule has 1 amide bonds. The molecule has 0 aliphatic carbocycles. The third-order valence-electron chi connectivity index (χ3n) is 5.75. The van der Waals surface area contributed by atoms with Crippen molar-refractivity contribution < 1.29 is 9.53 Å². The molecule has 4 aromatic rings. The third-order valence-corrected chi connectivity index (χ3v) is 6.90. The molecule has 0 saturated heterocycles. The van der Waals surface area contributed by atoms with Gasteiger partial charge in [0.25, 0.3) is 5.91 Å². The van der Waals surface area contributed by atoms with Crippen molar-refractivity contribution in [1.82, 2.24) is 10.3 Å². The van der Waals surface area contributed by atoms with Crippen molar-refractivity contribution in [2.45, 2.75) is 39.3 Å². The molecule has 2 N–H and O–H groups in total. The highest BCUT2D eigenvalue weighted by molar-refractivity contribution is 7.19. The number of carbonyl (C=O) groups is 1. The predicted molar refractivity (Wildman–Crippen MR) is 141 cm³/mol. The van der Waals surface area contributed by atoms with Crippen LogP contribution in [0.25, 0.3) is 10.2 Å². The van der Waals surface area contributed by atoms with E-state index in [1.807, 2.05) is 49.4 Å². The summed E-state index contributed by atoms with van der Waals surface area (Å²) in [5, 5.41) is 7.93. The number of methoxy groups -OCH3 is 1. The second kappa shape index (κ2) is 11.4. The first-order valence-corrected chi connectivity index (χ1v) is 12.5. The standard InChI is InChI=1S/C28H31N3O2S/c1-4-5-16-29-24(20-12-8-6-9-13-20)26-25(31-27(32)21-14-10-7-11-15-21)23-22(18-33-3)17-19(2)30-28(23)34-26/h6-15,17,24,29H,4-5,16,18H2,1-3H3,(H,31,32). The van der Waals surface area contributed by atoms with Crippen molar-refractivity contribution in [2.75, 3.05) is 19.0 Å². The van der Waals surface area contributed by atoms with Crippen molar-refractivity contribution >= 4 is 33.1 Å². The van der Waals surface area contributed by atoms with E-state index < -0.39 is 0 Å². The SMILES string of the molecule is CCCCNC(c1ccccc1)c1sc2nc(C)cc(COC)c2c1NC(=O)c1ccccc1. The number of amides is 1. The Morgan fingerprint density at radius 3 is 2.47 bits per heavy atom. The smallest absolute Gasteiger partial charge is 0.255 e. The summed E-state index contributed by atoms with van der Waals surface area (Å²) in [6, 6.07) is 21.7. The maximum atomic E-state index is 13.3. The normalized spacial score (nSPS) is 12.1. The van der Waals surface area contributed by atoms with E-state index in [2.05, 4.69) is 41.8 Å². The molecule has 2 aromatic carbocycles. The van der Waals surface area contributed by atoms with Crippen LogP contribution in [0.2, 0.25) is 0 Å². The Bertz CT molecular complexity index is 1240. The van der Waals surface area contributed by atoms with E-state index in [9.17, 15) is 4.79 Å². The number of thiophene rings is 1. The molecule has 0 bridgehead atoms. The molecule has 0 saturated carbocycles. The molecule has 6 heteroatoms. The predicted octanol–water partition coefficient (Wildman–Crippen LogP) is 6.48. The summed E-state index contributed by atoms with van der Waals surface area (Å²) in [6.45, 7) is 5.51. The Kier molecular flexibility index (Phi) is 8.06. The van der Waals surface area contributed by atoms with E-state index in [0.717, 1.165) is 57.0 Å². The minimum Gasteiger partial charge on any atom is -0.380 e. The number of nitrogens with one attached hydrogen (secondary N) is 2. The molecular formula is C28H31N3O2S. The number of rotatable bonds is 10. The van der Waals surface area contributed by atoms with Gasteiger partial charge in [0.1, 0.15) is 4.83 Å². The van der Waals surface area contributed by atoms with Gasteiger partial charge < -0.3 is 15.4 Å². The second-order valence-electron chi connectivity index (χ2n) is 8.35. The largest absolute Gasteiger partial charge is 0.380 e. The lowest BCUT2D eigenvalue weighted by Gasteiger charge is -2.20. The maximum Gasteiger partial charge on any atom is 0.255 e. The van der Waals surface area contributed by atoms with E-state index in [4.69, 9.17) is 9.72 Å². The van der Waals surface area contributed by atoms with Crippen molar-refractivity contribution in [3.05, 3.63) is 94.0 Å². The number of aryl methyl sites for hydroxylation is 1. The molecule has 0 aliphatic rings. The van der Waals surface area contributed by atoms with Gasteiger partial charge >= 0.3 is 0 Å². The Hall–Kier alpha value is -3.06. The zero-order valence-electron chi connectivity index (χ0n) is 19.9. The molecule has 0 aliphatic heterocycles. The number of nitrogens with zero attached hydrogens (tertiary/aromatic N) is 1. The highest BCUT2D eigenvalue weighted by Crippen LogP contribution is 2.43. The van der Waals surface area contributed by atoms with Crippen molar-refractivity contribution in [3.63, 3.8) is 0 Å². The number of benzene rings is 2. The van der Waals surface area contributed by atoms with Crippen LogP contribution in [0, 0.1) is 6.92 Å². The number of fused-ring (bicyclic) bond motifs is 1. The van der Waals surface area contributed by atoms with Crippen molar-refractivity contribution in [2.24, 2.45) is 0 Å². The molecule has 2 aromatic heterocycles. The summed E-state index contributed by atoms with van der Waals surface area (Å²) >= 11 is 1.63.